The number of hydrogen-bond acceptors (Lipinski definition) is 7. The molecule has 0 radical (unpaired) electrons. The first-order chi connectivity index (χ1) is 17.3. The number of carbonyl (C=O) groups is 2. The van der Waals surface area contributed by atoms with Crippen molar-refractivity contribution in [2.45, 2.75) is 90.6 Å². The molecular weight excluding hydrogens is 485 g/mol. The van der Waals surface area contributed by atoms with E-state index >= 15 is 0 Å². The van der Waals surface area contributed by atoms with Gasteiger partial charge in [0.1, 0.15) is 12.7 Å². The summed E-state index contributed by atoms with van der Waals surface area (Å²) < 4.78 is 26.1. The largest absolute Gasteiger partial charge is 0.472 e. The molecule has 0 bridgehead atoms. The summed E-state index contributed by atoms with van der Waals surface area (Å²) in [4.78, 5) is 32.9. The molecule has 0 saturated carbocycles. The number of allylic oxidation sites excluding steroid dienone is 6. The van der Waals surface area contributed by atoms with Gasteiger partial charge in [0.2, 0.25) is 5.91 Å². The molecule has 208 valence electrons. The van der Waals surface area contributed by atoms with Gasteiger partial charge in [-0.3, -0.25) is 18.6 Å². The van der Waals surface area contributed by atoms with E-state index in [2.05, 4.69) is 53.2 Å². The van der Waals surface area contributed by atoms with E-state index in [1.807, 2.05) is 6.92 Å². The second-order valence-corrected chi connectivity index (χ2v) is 9.73. The third-order valence-electron chi connectivity index (χ3n) is 4.83. The number of nitrogens with one attached hydrogen (secondary N) is 1. The van der Waals surface area contributed by atoms with Crippen LogP contribution in [-0.2, 0) is 27.9 Å². The third-order valence-corrected chi connectivity index (χ3v) is 5.82. The number of carbonyl (C=O) groups excluding carboxylic acids is 2. The van der Waals surface area contributed by atoms with Gasteiger partial charge in [0.05, 0.1) is 13.2 Å². The quantitative estimate of drug-likeness (QED) is 0.0715. The predicted octanol–water partition coefficient (Wildman–Crippen LogP) is 5.14. The van der Waals surface area contributed by atoms with Gasteiger partial charge in [-0.2, -0.15) is 0 Å². The topological polar surface area (TPSA) is 131 Å². The van der Waals surface area contributed by atoms with Crippen molar-refractivity contribution in [1.82, 2.24) is 5.32 Å². The molecule has 0 spiro atoms. The summed E-state index contributed by atoms with van der Waals surface area (Å²) in [6.45, 7) is 3.06. The number of ether oxygens (including phenoxy) is 1. The number of hydrogen-bond donors (Lipinski definition) is 3. The summed E-state index contributed by atoms with van der Waals surface area (Å²) >= 11 is 0. The van der Waals surface area contributed by atoms with Gasteiger partial charge in [0.15, 0.2) is 0 Å². The van der Waals surface area contributed by atoms with Crippen LogP contribution in [0, 0.1) is 0 Å². The number of aliphatic hydroxyl groups excluding tert-OH is 1. The second kappa shape index (κ2) is 23.6. The number of esters is 1. The Hall–Kier alpha value is -1.77. The lowest BCUT2D eigenvalue weighted by Crippen LogP contribution is -2.27. The van der Waals surface area contributed by atoms with Crippen LogP contribution in [0.3, 0.4) is 0 Å². The molecule has 1 amide bonds. The van der Waals surface area contributed by atoms with E-state index < -0.39 is 26.5 Å². The third kappa shape index (κ3) is 23.9. The van der Waals surface area contributed by atoms with Crippen molar-refractivity contribution in [3.63, 3.8) is 0 Å². The molecule has 10 heteroatoms. The minimum atomic E-state index is -4.39. The molecule has 0 rings (SSSR count). The van der Waals surface area contributed by atoms with Crippen LogP contribution in [0.4, 0.5) is 0 Å². The number of amides is 1. The maximum Gasteiger partial charge on any atom is 0.472 e. The zero-order valence-electron chi connectivity index (χ0n) is 21.9. The average molecular weight is 532 g/mol. The van der Waals surface area contributed by atoms with Crippen molar-refractivity contribution in [1.29, 1.82) is 0 Å². The highest BCUT2D eigenvalue weighted by Crippen LogP contribution is 2.42. The minimum absolute atomic E-state index is 0.0643. The summed E-state index contributed by atoms with van der Waals surface area (Å²) in [5, 5.41) is 12.3. The molecule has 2 atom stereocenters. The molecule has 3 N–H and O–H groups in total. The number of phosphoric acid groups is 1. The van der Waals surface area contributed by atoms with Crippen LogP contribution >= 0.6 is 7.82 Å². The molecule has 0 aliphatic heterocycles. The molecule has 0 aromatic rings. The average Bonchev–Trinajstić information content (AvgIpc) is 2.85. The summed E-state index contributed by atoms with van der Waals surface area (Å²) in [5.41, 5.74) is 0. The van der Waals surface area contributed by atoms with Gasteiger partial charge in [-0.1, -0.05) is 63.1 Å². The van der Waals surface area contributed by atoms with Gasteiger partial charge in [0.25, 0.3) is 0 Å². The Balaban J connectivity index is 3.71. The summed E-state index contributed by atoms with van der Waals surface area (Å²) in [7, 11) is -4.39. The Morgan fingerprint density at radius 2 is 1.58 bits per heavy atom. The highest BCUT2D eigenvalue weighted by atomic mass is 31.2. The SMILES string of the molecule is CC/C=C\C/C=C\C/C=C\CCCCCC(=O)NCCOP(=O)(O)OCC(O)COC(=O)CCCC. The summed E-state index contributed by atoms with van der Waals surface area (Å²) in [6.07, 6.45) is 20.6. The Kier molecular flexibility index (Phi) is 22.5. The van der Waals surface area contributed by atoms with Gasteiger partial charge in [0, 0.05) is 19.4 Å². The molecule has 0 aliphatic carbocycles. The molecule has 0 heterocycles. The van der Waals surface area contributed by atoms with Crippen molar-refractivity contribution in [3.05, 3.63) is 36.5 Å². The number of phosphoric ester groups is 1. The Morgan fingerprint density at radius 3 is 2.28 bits per heavy atom. The second-order valence-electron chi connectivity index (χ2n) is 8.28. The first-order valence-electron chi connectivity index (χ1n) is 13.0. The Morgan fingerprint density at radius 1 is 0.889 bits per heavy atom. The Bertz CT molecular complexity index is 708. The zero-order chi connectivity index (χ0) is 26.9. The fourth-order valence-corrected chi connectivity index (χ4v) is 3.60. The molecule has 0 fully saturated rings. The first-order valence-corrected chi connectivity index (χ1v) is 14.5. The van der Waals surface area contributed by atoms with Gasteiger partial charge in [-0.25, -0.2) is 4.57 Å². The lowest BCUT2D eigenvalue weighted by molar-refractivity contribution is -0.147. The van der Waals surface area contributed by atoms with Crippen molar-refractivity contribution >= 4 is 19.7 Å². The van der Waals surface area contributed by atoms with E-state index in [9.17, 15) is 24.2 Å². The molecule has 0 aromatic heterocycles. The van der Waals surface area contributed by atoms with Crippen LogP contribution in [0.2, 0.25) is 0 Å². The van der Waals surface area contributed by atoms with Crippen LogP contribution in [0.25, 0.3) is 0 Å². The maximum absolute atomic E-state index is 11.8. The van der Waals surface area contributed by atoms with E-state index in [-0.39, 0.29) is 32.1 Å². The van der Waals surface area contributed by atoms with E-state index in [1.54, 1.807) is 0 Å². The molecule has 0 aromatic carbocycles. The van der Waals surface area contributed by atoms with Crippen molar-refractivity contribution in [3.8, 4) is 0 Å². The first kappa shape index (κ1) is 34.2. The Labute approximate surface area is 216 Å². The van der Waals surface area contributed by atoms with Gasteiger partial charge < -0.3 is 20.1 Å². The van der Waals surface area contributed by atoms with E-state index in [4.69, 9.17) is 9.26 Å². The van der Waals surface area contributed by atoms with Crippen molar-refractivity contribution in [2.24, 2.45) is 0 Å². The lowest BCUT2D eigenvalue weighted by Gasteiger charge is -2.15. The lowest BCUT2D eigenvalue weighted by atomic mass is 10.1. The molecule has 36 heavy (non-hydrogen) atoms. The zero-order valence-corrected chi connectivity index (χ0v) is 22.8. The van der Waals surface area contributed by atoms with Crippen LogP contribution in [0.15, 0.2) is 36.5 Å². The van der Waals surface area contributed by atoms with E-state index in [0.29, 0.717) is 12.8 Å². The van der Waals surface area contributed by atoms with Crippen LogP contribution in [0.5, 0.6) is 0 Å². The number of aliphatic hydroxyl groups is 1. The number of rotatable bonds is 23. The van der Waals surface area contributed by atoms with Crippen LogP contribution < -0.4 is 5.32 Å². The highest BCUT2D eigenvalue weighted by Gasteiger charge is 2.23. The summed E-state index contributed by atoms with van der Waals surface area (Å²) in [5.74, 6) is -0.591. The molecule has 9 nitrogen and oxygen atoms in total. The highest BCUT2D eigenvalue weighted by molar-refractivity contribution is 7.47. The normalized spacial score (nSPS) is 14.4. The monoisotopic (exact) mass is 531 g/mol. The smallest absolute Gasteiger partial charge is 0.463 e. The molecule has 0 saturated heterocycles. The van der Waals surface area contributed by atoms with Crippen molar-refractivity contribution in [2.75, 3.05) is 26.4 Å². The van der Waals surface area contributed by atoms with Crippen LogP contribution in [0.1, 0.15) is 84.5 Å². The van der Waals surface area contributed by atoms with Crippen LogP contribution in [-0.4, -0.2) is 54.3 Å². The fraction of sp³-hybridized carbons (Fsp3) is 0.692. The summed E-state index contributed by atoms with van der Waals surface area (Å²) in [6, 6.07) is 0. The van der Waals surface area contributed by atoms with Gasteiger partial charge in [-0.05, 0) is 44.9 Å². The van der Waals surface area contributed by atoms with Gasteiger partial charge in [-0.15, -0.1) is 0 Å². The van der Waals surface area contributed by atoms with Gasteiger partial charge >= 0.3 is 13.8 Å². The predicted molar refractivity (Wildman–Crippen MR) is 141 cm³/mol. The standard InChI is InChI=1S/C26H46NO8P/c1-3-5-7-8-9-10-11-12-13-14-15-16-17-18-25(29)27-20-21-34-36(31,32)35-23-24(28)22-33-26(30)19-6-4-2/h5,7,9-10,12-13,24,28H,3-4,6,8,11,14-23H2,1-2H3,(H,27,29)(H,31,32)/b7-5-,10-9-,13-12-. The fourth-order valence-electron chi connectivity index (χ4n) is 2.84. The van der Waals surface area contributed by atoms with E-state index in [1.165, 1.54) is 0 Å². The molecule has 0 aliphatic rings. The minimum Gasteiger partial charge on any atom is -0.463 e. The molecular formula is C26H46NO8P. The van der Waals surface area contributed by atoms with E-state index in [0.717, 1.165) is 51.4 Å². The van der Waals surface area contributed by atoms with Crippen molar-refractivity contribution < 1.29 is 37.9 Å². The maximum atomic E-state index is 11.8. The number of unbranched alkanes of at least 4 members (excludes halogenated alkanes) is 4. The molecule has 2 unspecified atom stereocenters.